The van der Waals surface area contributed by atoms with Gasteiger partial charge in [-0.25, -0.2) is 0 Å². The number of nitrogens with zero attached hydrogens (tertiary/aromatic N) is 3. The second-order valence-electron chi connectivity index (χ2n) is 4.13. The van der Waals surface area contributed by atoms with Gasteiger partial charge in [0.05, 0.1) is 6.20 Å². The highest BCUT2D eigenvalue weighted by Crippen LogP contribution is 2.70. The van der Waals surface area contributed by atoms with Crippen molar-refractivity contribution in [1.82, 2.24) is 15.0 Å². The SMILES string of the molecule is Nc1cn(CC2CC23CC3)nn1. The Kier molecular flexibility index (Phi) is 0.975. The Morgan fingerprint density at radius 1 is 1.67 bits per heavy atom. The predicted octanol–water partition coefficient (Wildman–Crippen LogP) is 0.660. The summed E-state index contributed by atoms with van der Waals surface area (Å²) in [5.74, 6) is 1.39. The average Bonchev–Trinajstić information content (AvgIpc) is 2.89. The van der Waals surface area contributed by atoms with Gasteiger partial charge in [-0.05, 0) is 30.6 Å². The summed E-state index contributed by atoms with van der Waals surface area (Å²) in [5.41, 5.74) is 6.21. The van der Waals surface area contributed by atoms with Gasteiger partial charge in [0.25, 0.3) is 0 Å². The third-order valence-electron chi connectivity index (χ3n) is 3.21. The number of hydrogen-bond acceptors (Lipinski definition) is 3. The van der Waals surface area contributed by atoms with Crippen molar-refractivity contribution in [1.29, 1.82) is 0 Å². The van der Waals surface area contributed by atoms with Crippen molar-refractivity contribution >= 4 is 5.82 Å². The molecule has 2 saturated carbocycles. The Labute approximate surface area is 70.7 Å². The van der Waals surface area contributed by atoms with Crippen molar-refractivity contribution in [2.45, 2.75) is 25.8 Å². The summed E-state index contributed by atoms with van der Waals surface area (Å²) < 4.78 is 1.87. The Balaban J connectivity index is 1.69. The van der Waals surface area contributed by atoms with Crippen LogP contribution in [0.25, 0.3) is 0 Å². The molecule has 1 atom stereocenters. The van der Waals surface area contributed by atoms with Crippen molar-refractivity contribution in [2.24, 2.45) is 11.3 Å². The molecule has 0 aromatic carbocycles. The van der Waals surface area contributed by atoms with Crippen molar-refractivity contribution in [3.8, 4) is 0 Å². The number of rotatable bonds is 2. The second-order valence-corrected chi connectivity index (χ2v) is 4.13. The highest BCUT2D eigenvalue weighted by molar-refractivity contribution is 5.20. The molecular formula is C8H12N4. The largest absolute Gasteiger partial charge is 0.381 e. The molecule has 4 nitrogen and oxygen atoms in total. The van der Waals surface area contributed by atoms with Crippen LogP contribution in [-0.2, 0) is 6.54 Å². The maximum Gasteiger partial charge on any atom is 0.165 e. The number of aromatic nitrogens is 3. The number of anilines is 1. The molecule has 2 aliphatic rings. The summed E-state index contributed by atoms with van der Waals surface area (Å²) in [7, 11) is 0. The molecule has 2 N–H and O–H groups in total. The monoisotopic (exact) mass is 164 g/mol. The number of hydrogen-bond donors (Lipinski definition) is 1. The van der Waals surface area contributed by atoms with Gasteiger partial charge in [-0.2, -0.15) is 0 Å². The second kappa shape index (κ2) is 1.81. The van der Waals surface area contributed by atoms with Gasteiger partial charge in [-0.1, -0.05) is 5.21 Å². The van der Waals surface area contributed by atoms with Gasteiger partial charge >= 0.3 is 0 Å². The van der Waals surface area contributed by atoms with Gasteiger partial charge in [0.2, 0.25) is 0 Å². The smallest absolute Gasteiger partial charge is 0.165 e. The van der Waals surface area contributed by atoms with Gasteiger partial charge < -0.3 is 5.73 Å². The van der Waals surface area contributed by atoms with E-state index in [-0.39, 0.29) is 0 Å². The van der Waals surface area contributed by atoms with Crippen LogP contribution in [0.3, 0.4) is 0 Å². The molecule has 1 spiro atoms. The molecule has 0 amide bonds. The zero-order chi connectivity index (χ0) is 8.18. The topological polar surface area (TPSA) is 56.7 Å². The number of nitrogens with two attached hydrogens (primary N) is 1. The fourth-order valence-corrected chi connectivity index (χ4v) is 2.09. The first-order valence-electron chi connectivity index (χ1n) is 4.44. The molecule has 0 radical (unpaired) electrons. The molecule has 0 aliphatic heterocycles. The molecule has 12 heavy (non-hydrogen) atoms. The van der Waals surface area contributed by atoms with E-state index < -0.39 is 0 Å². The fourth-order valence-electron chi connectivity index (χ4n) is 2.09. The summed E-state index contributed by atoms with van der Waals surface area (Å²) >= 11 is 0. The van der Waals surface area contributed by atoms with Gasteiger partial charge in [0.1, 0.15) is 0 Å². The Morgan fingerprint density at radius 3 is 3.00 bits per heavy atom. The minimum absolute atomic E-state index is 0.528. The molecular weight excluding hydrogens is 152 g/mol. The minimum atomic E-state index is 0.528. The predicted molar refractivity (Wildman–Crippen MR) is 44.2 cm³/mol. The summed E-state index contributed by atoms with van der Waals surface area (Å²) in [4.78, 5) is 0. The van der Waals surface area contributed by atoms with E-state index in [2.05, 4.69) is 10.3 Å². The average molecular weight is 164 g/mol. The van der Waals surface area contributed by atoms with Gasteiger partial charge in [0, 0.05) is 6.54 Å². The summed E-state index contributed by atoms with van der Waals surface area (Å²) in [6, 6.07) is 0. The lowest BCUT2D eigenvalue weighted by atomic mass is 10.3. The first-order chi connectivity index (χ1) is 5.78. The maximum atomic E-state index is 5.46. The molecule has 0 saturated heterocycles. The van der Waals surface area contributed by atoms with Crippen LogP contribution in [0, 0.1) is 11.3 Å². The molecule has 4 heteroatoms. The standard InChI is InChI=1S/C8H12N4/c9-7-5-12(11-10-7)4-6-3-8(6)1-2-8/h5-6H,1-4,9H2. The molecule has 1 aromatic heterocycles. The third kappa shape index (κ3) is 0.838. The molecule has 1 aromatic rings. The van der Waals surface area contributed by atoms with Crippen LogP contribution in [-0.4, -0.2) is 15.0 Å². The van der Waals surface area contributed by atoms with E-state index in [0.717, 1.165) is 17.9 Å². The molecule has 3 rings (SSSR count). The first-order valence-corrected chi connectivity index (χ1v) is 4.44. The summed E-state index contributed by atoms with van der Waals surface area (Å²) in [5, 5.41) is 7.69. The van der Waals surface area contributed by atoms with E-state index in [1.54, 1.807) is 0 Å². The lowest BCUT2D eigenvalue weighted by molar-refractivity contribution is 0.511. The van der Waals surface area contributed by atoms with Crippen molar-refractivity contribution in [3.05, 3.63) is 6.20 Å². The van der Waals surface area contributed by atoms with Crippen molar-refractivity contribution in [2.75, 3.05) is 5.73 Å². The summed E-state index contributed by atoms with van der Waals surface area (Å²) in [6.45, 7) is 1.02. The van der Waals surface area contributed by atoms with Crippen LogP contribution < -0.4 is 5.73 Å². The van der Waals surface area contributed by atoms with Crippen LogP contribution in [0.4, 0.5) is 5.82 Å². The number of nitrogen functional groups attached to an aromatic ring is 1. The van der Waals surface area contributed by atoms with Gasteiger partial charge in [-0.15, -0.1) is 5.10 Å². The maximum absolute atomic E-state index is 5.46. The molecule has 2 fully saturated rings. The zero-order valence-corrected chi connectivity index (χ0v) is 6.90. The van der Waals surface area contributed by atoms with E-state index in [1.165, 1.54) is 19.3 Å². The van der Waals surface area contributed by atoms with E-state index in [1.807, 2.05) is 10.9 Å². The van der Waals surface area contributed by atoms with Crippen molar-refractivity contribution < 1.29 is 0 Å². The Morgan fingerprint density at radius 2 is 2.50 bits per heavy atom. The van der Waals surface area contributed by atoms with E-state index in [9.17, 15) is 0 Å². The Bertz CT molecular complexity index is 313. The normalized spacial score (nSPS) is 29.2. The van der Waals surface area contributed by atoms with Crippen LogP contribution in [0.2, 0.25) is 0 Å². The van der Waals surface area contributed by atoms with Crippen LogP contribution >= 0.6 is 0 Å². The lowest BCUT2D eigenvalue weighted by Crippen LogP contribution is -2.01. The highest BCUT2D eigenvalue weighted by atomic mass is 15.4. The summed E-state index contributed by atoms with van der Waals surface area (Å²) in [6.07, 6.45) is 6.07. The van der Waals surface area contributed by atoms with Gasteiger partial charge in [-0.3, -0.25) is 4.68 Å². The van der Waals surface area contributed by atoms with E-state index in [0.29, 0.717) is 5.82 Å². The van der Waals surface area contributed by atoms with E-state index >= 15 is 0 Å². The molecule has 1 heterocycles. The van der Waals surface area contributed by atoms with Crippen molar-refractivity contribution in [3.63, 3.8) is 0 Å². The molecule has 0 bridgehead atoms. The van der Waals surface area contributed by atoms with Crippen LogP contribution in [0.5, 0.6) is 0 Å². The van der Waals surface area contributed by atoms with Crippen LogP contribution in [0.15, 0.2) is 6.20 Å². The lowest BCUT2D eigenvalue weighted by Gasteiger charge is -1.95. The van der Waals surface area contributed by atoms with E-state index in [4.69, 9.17) is 5.73 Å². The molecule has 64 valence electrons. The molecule has 1 unspecified atom stereocenters. The Hall–Kier alpha value is -1.06. The molecule has 2 aliphatic carbocycles. The zero-order valence-electron chi connectivity index (χ0n) is 6.90. The van der Waals surface area contributed by atoms with Crippen LogP contribution in [0.1, 0.15) is 19.3 Å². The fraction of sp³-hybridized carbons (Fsp3) is 0.750. The van der Waals surface area contributed by atoms with Gasteiger partial charge in [0.15, 0.2) is 5.82 Å². The highest BCUT2D eigenvalue weighted by Gasteiger charge is 2.62. The third-order valence-corrected chi connectivity index (χ3v) is 3.21. The minimum Gasteiger partial charge on any atom is -0.381 e. The first kappa shape index (κ1) is 6.46. The quantitative estimate of drug-likeness (QED) is 0.698.